The van der Waals surface area contributed by atoms with Gasteiger partial charge in [0, 0.05) is 12.8 Å². The van der Waals surface area contributed by atoms with Gasteiger partial charge in [0.05, 0.1) is 25.4 Å². The average Bonchev–Trinajstić information content (AvgIpc) is 3.26. The largest absolute Gasteiger partial charge is 0.466 e. The zero-order chi connectivity index (χ0) is 44.4. The molecule has 61 heavy (non-hydrogen) atoms. The lowest BCUT2D eigenvalue weighted by Gasteiger charge is -2.20. The zero-order valence-electron chi connectivity index (χ0n) is 40.4. The second-order valence-electron chi connectivity index (χ2n) is 17.8. The van der Waals surface area contributed by atoms with Crippen molar-refractivity contribution in [3.8, 4) is 0 Å². The van der Waals surface area contributed by atoms with Crippen molar-refractivity contribution >= 4 is 11.9 Å². The lowest BCUT2D eigenvalue weighted by Crippen LogP contribution is -2.45. The lowest BCUT2D eigenvalue weighted by atomic mass is 10.0. The standard InChI is InChI=1S/C55H101NO5/c1-3-5-7-9-11-13-15-17-19-21-23-27-31-35-39-43-47-53(58)52(51-57)56-54(59)48-44-40-36-32-28-25-26-30-34-38-42-46-50-61-55(60)49-45-41-37-33-29-24-22-20-18-16-14-12-10-8-6-4-2/h14,16,20,22,26,30,43,47,52-53,57-58H,3-13,15,17-19,21,23-25,27-29,31-42,44-46,48-51H2,1-2H3,(H,56,59)/b16-14-,22-20-,30-26-,47-43+. The number of hydrogen-bond donors (Lipinski definition) is 3. The minimum Gasteiger partial charge on any atom is -0.466 e. The van der Waals surface area contributed by atoms with Gasteiger partial charge < -0.3 is 20.3 Å². The van der Waals surface area contributed by atoms with Gasteiger partial charge in [0.25, 0.3) is 0 Å². The van der Waals surface area contributed by atoms with E-state index < -0.39 is 12.1 Å². The number of carbonyl (C=O) groups is 2. The molecular formula is C55H101NO5. The summed E-state index contributed by atoms with van der Waals surface area (Å²) in [6, 6.07) is -0.648. The Bertz CT molecular complexity index is 1040. The van der Waals surface area contributed by atoms with Crippen LogP contribution in [0, 0.1) is 0 Å². The first-order valence-corrected chi connectivity index (χ1v) is 26.4. The van der Waals surface area contributed by atoms with Crippen LogP contribution >= 0.6 is 0 Å². The fourth-order valence-corrected chi connectivity index (χ4v) is 7.71. The molecule has 0 fully saturated rings. The third-order valence-corrected chi connectivity index (χ3v) is 11.8. The van der Waals surface area contributed by atoms with Crippen molar-refractivity contribution in [2.45, 2.75) is 276 Å². The highest BCUT2D eigenvalue weighted by molar-refractivity contribution is 5.76. The maximum absolute atomic E-state index is 12.4. The van der Waals surface area contributed by atoms with Crippen molar-refractivity contribution in [1.82, 2.24) is 5.32 Å². The molecule has 0 aliphatic carbocycles. The maximum Gasteiger partial charge on any atom is 0.305 e. The van der Waals surface area contributed by atoms with Crippen LogP contribution in [0.1, 0.15) is 264 Å². The van der Waals surface area contributed by atoms with Crippen LogP contribution in [-0.4, -0.2) is 47.4 Å². The van der Waals surface area contributed by atoms with Gasteiger partial charge >= 0.3 is 5.97 Å². The summed E-state index contributed by atoms with van der Waals surface area (Å²) in [7, 11) is 0. The second kappa shape index (κ2) is 50.5. The van der Waals surface area contributed by atoms with Crippen LogP contribution in [0.25, 0.3) is 0 Å². The predicted molar refractivity (Wildman–Crippen MR) is 264 cm³/mol. The zero-order valence-corrected chi connectivity index (χ0v) is 40.4. The fraction of sp³-hybridized carbons (Fsp3) is 0.818. The molecule has 0 spiro atoms. The summed E-state index contributed by atoms with van der Waals surface area (Å²) in [6.07, 6.45) is 62.5. The van der Waals surface area contributed by atoms with Gasteiger partial charge in [0.15, 0.2) is 0 Å². The van der Waals surface area contributed by atoms with Gasteiger partial charge in [-0.05, 0) is 96.3 Å². The molecule has 6 nitrogen and oxygen atoms in total. The topological polar surface area (TPSA) is 95.9 Å². The van der Waals surface area contributed by atoms with Gasteiger partial charge in [0.1, 0.15) is 0 Å². The van der Waals surface area contributed by atoms with E-state index in [-0.39, 0.29) is 18.5 Å². The molecule has 6 heteroatoms. The number of unbranched alkanes of at least 4 members (excludes halogenated alkanes) is 31. The molecule has 0 aromatic rings. The molecule has 0 rings (SSSR count). The van der Waals surface area contributed by atoms with E-state index in [1.165, 1.54) is 135 Å². The van der Waals surface area contributed by atoms with E-state index in [0.717, 1.165) is 103 Å². The highest BCUT2D eigenvalue weighted by Gasteiger charge is 2.18. The Labute approximate surface area is 378 Å². The number of esters is 1. The van der Waals surface area contributed by atoms with Crippen LogP contribution in [0.3, 0.4) is 0 Å². The first kappa shape index (κ1) is 58.8. The summed E-state index contributed by atoms with van der Waals surface area (Å²) in [6.45, 7) is 4.81. The van der Waals surface area contributed by atoms with Crippen molar-refractivity contribution in [2.24, 2.45) is 0 Å². The van der Waals surface area contributed by atoms with Crippen LogP contribution in [0.5, 0.6) is 0 Å². The lowest BCUT2D eigenvalue weighted by molar-refractivity contribution is -0.143. The number of carbonyl (C=O) groups excluding carboxylic acids is 2. The number of ether oxygens (including phenoxy) is 1. The van der Waals surface area contributed by atoms with E-state index >= 15 is 0 Å². The highest BCUT2D eigenvalue weighted by atomic mass is 16.5. The number of rotatable bonds is 48. The average molecular weight is 856 g/mol. The molecule has 2 unspecified atom stereocenters. The number of nitrogens with one attached hydrogen (secondary N) is 1. The summed E-state index contributed by atoms with van der Waals surface area (Å²) in [4.78, 5) is 24.5. The van der Waals surface area contributed by atoms with Crippen LogP contribution in [0.15, 0.2) is 48.6 Å². The first-order valence-electron chi connectivity index (χ1n) is 26.4. The Kier molecular flexibility index (Phi) is 48.7. The molecule has 0 saturated heterocycles. The van der Waals surface area contributed by atoms with Gasteiger partial charge in [-0.25, -0.2) is 0 Å². The summed E-state index contributed by atoms with van der Waals surface area (Å²) in [5.74, 6) is -0.134. The number of aliphatic hydroxyl groups excluding tert-OH is 2. The van der Waals surface area contributed by atoms with Crippen molar-refractivity contribution in [2.75, 3.05) is 13.2 Å². The van der Waals surface area contributed by atoms with Gasteiger partial charge in [-0.1, -0.05) is 204 Å². The van der Waals surface area contributed by atoms with Gasteiger partial charge in [-0.15, -0.1) is 0 Å². The molecule has 3 N–H and O–H groups in total. The van der Waals surface area contributed by atoms with E-state index in [2.05, 4.69) is 55.6 Å². The van der Waals surface area contributed by atoms with Crippen molar-refractivity contribution in [3.05, 3.63) is 48.6 Å². The Balaban J connectivity index is 3.56. The van der Waals surface area contributed by atoms with Crippen LogP contribution < -0.4 is 5.32 Å². The third-order valence-electron chi connectivity index (χ3n) is 11.8. The summed E-state index contributed by atoms with van der Waals surface area (Å²) >= 11 is 0. The molecule has 0 radical (unpaired) electrons. The molecule has 0 aromatic heterocycles. The Morgan fingerprint density at radius 2 is 0.820 bits per heavy atom. The molecule has 0 bridgehead atoms. The molecule has 0 heterocycles. The van der Waals surface area contributed by atoms with E-state index in [1.54, 1.807) is 6.08 Å². The normalized spacial score (nSPS) is 13.0. The number of aliphatic hydroxyl groups is 2. The number of allylic oxidation sites excluding steroid dienone is 7. The Hall–Kier alpha value is -2.18. The van der Waals surface area contributed by atoms with Gasteiger partial charge in [-0.3, -0.25) is 9.59 Å². The smallest absolute Gasteiger partial charge is 0.305 e. The van der Waals surface area contributed by atoms with Crippen molar-refractivity contribution in [1.29, 1.82) is 0 Å². The fourth-order valence-electron chi connectivity index (χ4n) is 7.71. The predicted octanol–water partition coefficient (Wildman–Crippen LogP) is 15.8. The number of amides is 1. The minimum absolute atomic E-state index is 0.0385. The van der Waals surface area contributed by atoms with Crippen LogP contribution in [-0.2, 0) is 14.3 Å². The minimum atomic E-state index is -0.862. The Morgan fingerprint density at radius 3 is 1.28 bits per heavy atom. The molecule has 0 aromatic carbocycles. The maximum atomic E-state index is 12.4. The first-order chi connectivity index (χ1) is 30.0. The van der Waals surface area contributed by atoms with Gasteiger partial charge in [-0.2, -0.15) is 0 Å². The van der Waals surface area contributed by atoms with Crippen molar-refractivity contribution < 1.29 is 24.5 Å². The summed E-state index contributed by atoms with van der Waals surface area (Å²) < 4.78 is 5.44. The molecule has 0 aliphatic rings. The van der Waals surface area contributed by atoms with Gasteiger partial charge in [0.2, 0.25) is 5.91 Å². The molecule has 0 aliphatic heterocycles. The van der Waals surface area contributed by atoms with Crippen LogP contribution in [0.4, 0.5) is 0 Å². The van der Waals surface area contributed by atoms with E-state index in [4.69, 9.17) is 4.74 Å². The number of hydrogen-bond acceptors (Lipinski definition) is 5. The molecule has 1 amide bonds. The molecular weight excluding hydrogens is 755 g/mol. The SMILES string of the molecule is CCCCCC/C=C\C/C=C\CCCCCCCC(=O)OCCCCC/C=C\CCCCCCCC(=O)NC(CO)C(O)/C=C/CCCCCCCCCCCCCCCC. The van der Waals surface area contributed by atoms with Crippen LogP contribution in [0.2, 0.25) is 0 Å². The highest BCUT2D eigenvalue weighted by Crippen LogP contribution is 2.15. The second-order valence-corrected chi connectivity index (χ2v) is 17.8. The van der Waals surface area contributed by atoms with E-state index in [0.29, 0.717) is 19.4 Å². The summed E-state index contributed by atoms with van der Waals surface area (Å²) in [5, 5.41) is 23.1. The van der Waals surface area contributed by atoms with Crippen molar-refractivity contribution in [3.63, 3.8) is 0 Å². The monoisotopic (exact) mass is 856 g/mol. The molecule has 356 valence electrons. The quantitative estimate of drug-likeness (QED) is 0.0322. The Morgan fingerprint density at radius 1 is 0.459 bits per heavy atom. The third kappa shape index (κ3) is 47.1. The molecule has 0 saturated carbocycles. The van der Waals surface area contributed by atoms with E-state index in [1.807, 2.05) is 6.08 Å². The molecule has 2 atom stereocenters. The summed E-state index contributed by atoms with van der Waals surface area (Å²) in [5.41, 5.74) is 0. The van der Waals surface area contributed by atoms with E-state index in [9.17, 15) is 19.8 Å².